The van der Waals surface area contributed by atoms with Gasteiger partial charge in [-0.05, 0) is 67.8 Å². The molecule has 166 valence electrons. The fourth-order valence-corrected chi connectivity index (χ4v) is 5.15. The third kappa shape index (κ3) is 3.16. The molecule has 4 aromatic carbocycles. The summed E-state index contributed by atoms with van der Waals surface area (Å²) in [4.78, 5) is 4.83. The van der Waals surface area contributed by atoms with Gasteiger partial charge in [-0.2, -0.15) is 0 Å². The van der Waals surface area contributed by atoms with Gasteiger partial charge in [0, 0.05) is 28.6 Å². The van der Waals surface area contributed by atoms with Crippen molar-refractivity contribution in [2.45, 2.75) is 27.3 Å². The molecule has 0 unspecified atom stereocenters. The van der Waals surface area contributed by atoms with E-state index >= 15 is 0 Å². The number of aryl methyl sites for hydroxylation is 2. The van der Waals surface area contributed by atoms with Crippen molar-refractivity contribution in [2.75, 3.05) is 0 Å². The molecule has 0 bridgehead atoms. The van der Waals surface area contributed by atoms with Crippen LogP contribution in [0.25, 0.3) is 50.1 Å². The molecule has 0 radical (unpaired) electrons. The highest BCUT2D eigenvalue weighted by Gasteiger charge is 2.16. The van der Waals surface area contributed by atoms with E-state index in [1.807, 2.05) is 6.20 Å². The molecular weight excluding hydrogens is 414 g/mol. The van der Waals surface area contributed by atoms with E-state index in [2.05, 4.69) is 121 Å². The van der Waals surface area contributed by atoms with Gasteiger partial charge in [-0.15, -0.1) is 0 Å². The number of para-hydroxylation sites is 1. The van der Waals surface area contributed by atoms with E-state index in [1.165, 1.54) is 44.2 Å². The van der Waals surface area contributed by atoms with Crippen LogP contribution in [0.1, 0.15) is 18.1 Å². The van der Waals surface area contributed by atoms with Crippen molar-refractivity contribution in [3.05, 3.63) is 108 Å². The van der Waals surface area contributed by atoms with Crippen molar-refractivity contribution in [1.82, 2.24) is 14.1 Å². The van der Waals surface area contributed by atoms with Crippen molar-refractivity contribution < 1.29 is 0 Å². The molecule has 0 N–H and O–H groups in total. The van der Waals surface area contributed by atoms with Gasteiger partial charge in [0.05, 0.1) is 22.9 Å². The summed E-state index contributed by atoms with van der Waals surface area (Å²) in [6.45, 7) is 7.41. The van der Waals surface area contributed by atoms with E-state index in [-0.39, 0.29) is 0 Å². The Balaban J connectivity index is 1.52. The first kappa shape index (κ1) is 20.5. The maximum absolute atomic E-state index is 4.83. The maximum atomic E-state index is 4.83. The summed E-state index contributed by atoms with van der Waals surface area (Å²) in [5.74, 6) is 1.01. The predicted molar refractivity (Wildman–Crippen MR) is 143 cm³/mol. The van der Waals surface area contributed by atoms with Gasteiger partial charge in [-0.1, -0.05) is 60.7 Å². The molecule has 34 heavy (non-hydrogen) atoms. The summed E-state index contributed by atoms with van der Waals surface area (Å²) in [7, 11) is 0. The standard InChI is InChI=1S/C31H27N3/c1-4-33-30(23-10-6-5-7-11-23)20-32-31(33)24-15-17-27(22(3)19-24)34-28-13-9-8-12-25(28)26-16-14-21(2)18-29(26)34/h5-20H,4H2,1-3H3. The largest absolute Gasteiger partial charge is 0.324 e. The lowest BCUT2D eigenvalue weighted by Crippen LogP contribution is -2.02. The minimum absolute atomic E-state index is 0.868. The Hall–Kier alpha value is -4.11. The molecule has 2 heterocycles. The van der Waals surface area contributed by atoms with Crippen LogP contribution in [0.4, 0.5) is 0 Å². The molecule has 0 atom stereocenters. The number of aromatic nitrogens is 3. The average molecular weight is 442 g/mol. The summed E-state index contributed by atoms with van der Waals surface area (Å²) in [5.41, 5.74) is 9.67. The molecule has 0 amide bonds. The number of imidazole rings is 1. The van der Waals surface area contributed by atoms with Crippen LogP contribution in [0.5, 0.6) is 0 Å². The van der Waals surface area contributed by atoms with Crippen LogP contribution < -0.4 is 0 Å². The Kier molecular flexibility index (Phi) is 4.84. The molecule has 3 nitrogen and oxygen atoms in total. The van der Waals surface area contributed by atoms with Crippen LogP contribution >= 0.6 is 0 Å². The van der Waals surface area contributed by atoms with E-state index in [4.69, 9.17) is 4.98 Å². The molecule has 0 saturated carbocycles. The number of hydrogen-bond donors (Lipinski definition) is 0. The quantitative estimate of drug-likeness (QED) is 0.272. The van der Waals surface area contributed by atoms with Gasteiger partial charge in [0.15, 0.2) is 0 Å². The number of benzene rings is 4. The second-order valence-electron chi connectivity index (χ2n) is 8.95. The molecule has 2 aromatic heterocycles. The number of rotatable bonds is 4. The lowest BCUT2D eigenvalue weighted by molar-refractivity contribution is 0.778. The van der Waals surface area contributed by atoms with Gasteiger partial charge < -0.3 is 9.13 Å². The summed E-state index contributed by atoms with van der Waals surface area (Å²) in [5, 5.41) is 2.58. The van der Waals surface area contributed by atoms with Crippen molar-refractivity contribution in [3.8, 4) is 28.3 Å². The average Bonchev–Trinajstić information content (AvgIpc) is 3.43. The van der Waals surface area contributed by atoms with Gasteiger partial charge >= 0.3 is 0 Å². The van der Waals surface area contributed by atoms with Gasteiger partial charge in [-0.25, -0.2) is 4.98 Å². The van der Waals surface area contributed by atoms with Gasteiger partial charge in [0.25, 0.3) is 0 Å². The number of nitrogens with zero attached hydrogens (tertiary/aromatic N) is 3. The zero-order chi connectivity index (χ0) is 23.2. The first-order chi connectivity index (χ1) is 16.7. The van der Waals surface area contributed by atoms with E-state index in [0.717, 1.165) is 23.6 Å². The molecule has 0 saturated heterocycles. The van der Waals surface area contributed by atoms with Gasteiger partial charge in [-0.3, -0.25) is 0 Å². The summed E-state index contributed by atoms with van der Waals surface area (Å²) < 4.78 is 4.70. The van der Waals surface area contributed by atoms with Crippen LogP contribution in [0.3, 0.4) is 0 Å². The smallest absolute Gasteiger partial charge is 0.140 e. The SMILES string of the molecule is CCn1c(-c2ccccc2)cnc1-c1ccc(-n2c3ccccc3c3ccc(C)cc32)c(C)c1. The highest BCUT2D eigenvalue weighted by atomic mass is 15.1. The molecule has 0 aliphatic carbocycles. The Morgan fingerprint density at radius 2 is 1.47 bits per heavy atom. The van der Waals surface area contributed by atoms with E-state index in [0.29, 0.717) is 0 Å². The second-order valence-corrected chi connectivity index (χ2v) is 8.95. The third-order valence-electron chi connectivity index (χ3n) is 6.77. The first-order valence-electron chi connectivity index (χ1n) is 11.9. The minimum Gasteiger partial charge on any atom is -0.324 e. The zero-order valence-electron chi connectivity index (χ0n) is 19.8. The fraction of sp³-hybridized carbons (Fsp3) is 0.129. The third-order valence-corrected chi connectivity index (χ3v) is 6.77. The van der Waals surface area contributed by atoms with Crippen molar-refractivity contribution >= 4 is 21.8 Å². The molecule has 3 heteroatoms. The van der Waals surface area contributed by atoms with E-state index in [1.54, 1.807) is 0 Å². The highest BCUT2D eigenvalue weighted by molar-refractivity contribution is 6.09. The highest BCUT2D eigenvalue weighted by Crippen LogP contribution is 2.35. The molecule has 0 aliphatic rings. The Labute approximate surface area is 199 Å². The Morgan fingerprint density at radius 3 is 2.26 bits per heavy atom. The van der Waals surface area contributed by atoms with Crippen LogP contribution in [-0.4, -0.2) is 14.1 Å². The zero-order valence-corrected chi connectivity index (χ0v) is 19.8. The lowest BCUT2D eigenvalue weighted by Gasteiger charge is -2.14. The topological polar surface area (TPSA) is 22.8 Å². The summed E-state index contributed by atoms with van der Waals surface area (Å²) in [6.07, 6.45) is 1.99. The minimum atomic E-state index is 0.868. The molecule has 0 fully saturated rings. The van der Waals surface area contributed by atoms with Crippen LogP contribution in [0, 0.1) is 13.8 Å². The Morgan fingerprint density at radius 1 is 0.706 bits per heavy atom. The normalized spacial score (nSPS) is 11.5. The fourth-order valence-electron chi connectivity index (χ4n) is 5.15. The van der Waals surface area contributed by atoms with Gasteiger partial charge in [0.2, 0.25) is 0 Å². The van der Waals surface area contributed by atoms with Crippen LogP contribution in [-0.2, 0) is 6.54 Å². The Bertz CT molecular complexity index is 1650. The molecule has 6 rings (SSSR count). The summed E-state index contributed by atoms with van der Waals surface area (Å²) in [6, 6.07) is 32.6. The number of fused-ring (bicyclic) bond motifs is 3. The van der Waals surface area contributed by atoms with Gasteiger partial charge in [0.1, 0.15) is 5.82 Å². The first-order valence-corrected chi connectivity index (χ1v) is 11.9. The van der Waals surface area contributed by atoms with E-state index in [9.17, 15) is 0 Å². The van der Waals surface area contributed by atoms with Crippen molar-refractivity contribution in [1.29, 1.82) is 0 Å². The number of hydrogen-bond acceptors (Lipinski definition) is 1. The lowest BCUT2D eigenvalue weighted by atomic mass is 10.1. The van der Waals surface area contributed by atoms with E-state index < -0.39 is 0 Å². The predicted octanol–water partition coefficient (Wildman–Crippen LogP) is 7.95. The maximum Gasteiger partial charge on any atom is 0.140 e. The van der Waals surface area contributed by atoms with Crippen molar-refractivity contribution in [3.63, 3.8) is 0 Å². The molecule has 0 spiro atoms. The van der Waals surface area contributed by atoms with Crippen LogP contribution in [0.15, 0.2) is 97.2 Å². The molecular formula is C31H27N3. The second kappa shape index (κ2) is 8.03. The molecule has 6 aromatic rings. The van der Waals surface area contributed by atoms with Crippen LogP contribution in [0.2, 0.25) is 0 Å². The van der Waals surface area contributed by atoms with Crippen molar-refractivity contribution in [2.24, 2.45) is 0 Å². The monoisotopic (exact) mass is 441 g/mol. The summed E-state index contributed by atoms with van der Waals surface area (Å²) >= 11 is 0. The molecule has 0 aliphatic heterocycles.